The molecule has 0 aliphatic carbocycles. The van der Waals surface area contributed by atoms with E-state index in [0.29, 0.717) is 23.0 Å². The second kappa shape index (κ2) is 6.16. The van der Waals surface area contributed by atoms with E-state index in [9.17, 15) is 9.59 Å². The summed E-state index contributed by atoms with van der Waals surface area (Å²) in [6.07, 6.45) is 1.44. The number of nitrogens with zero attached hydrogens (tertiary/aromatic N) is 1. The molecular formula is C17H12N2O6. The molecule has 8 nitrogen and oxygen atoms in total. The number of nitrogens with one attached hydrogen (secondary N) is 1. The van der Waals surface area contributed by atoms with E-state index >= 15 is 0 Å². The molecule has 8 heteroatoms. The maximum atomic E-state index is 11.9. The third kappa shape index (κ3) is 2.97. The molecule has 0 radical (unpaired) electrons. The van der Waals surface area contributed by atoms with Crippen LogP contribution in [0.5, 0.6) is 11.5 Å². The molecule has 0 amide bonds. The standard InChI is InChI=1S/C17H12N2O6/c20-16-12(2-1-5-18-16)17(21)22-8-11-7-14(25-19-11)10-3-4-13-15(6-10)24-9-23-13/h1-7H,8-9H2,(H,18,20). The summed E-state index contributed by atoms with van der Waals surface area (Å²) in [5, 5.41) is 3.86. The molecule has 1 aromatic carbocycles. The van der Waals surface area contributed by atoms with Crippen LogP contribution in [0.15, 0.2) is 51.9 Å². The Labute approximate surface area is 140 Å². The highest BCUT2D eigenvalue weighted by atomic mass is 16.7. The van der Waals surface area contributed by atoms with Crippen molar-refractivity contribution >= 4 is 5.97 Å². The number of fused-ring (bicyclic) bond motifs is 1. The van der Waals surface area contributed by atoms with Gasteiger partial charge < -0.3 is 23.7 Å². The third-order valence-electron chi connectivity index (χ3n) is 3.61. The Balaban J connectivity index is 1.46. The van der Waals surface area contributed by atoms with Gasteiger partial charge >= 0.3 is 5.97 Å². The number of hydrogen-bond donors (Lipinski definition) is 1. The summed E-state index contributed by atoms with van der Waals surface area (Å²) in [6, 6.07) is 9.96. The van der Waals surface area contributed by atoms with Gasteiger partial charge in [0.05, 0.1) is 0 Å². The predicted octanol–water partition coefficient (Wildman–Crippen LogP) is 2.12. The molecule has 0 saturated heterocycles. The van der Waals surface area contributed by atoms with Crippen LogP contribution in [0.1, 0.15) is 16.1 Å². The number of pyridine rings is 1. The van der Waals surface area contributed by atoms with Gasteiger partial charge in [-0.3, -0.25) is 4.79 Å². The number of carbonyl (C=O) groups excluding carboxylic acids is 1. The van der Waals surface area contributed by atoms with Gasteiger partial charge in [-0.05, 0) is 30.3 Å². The van der Waals surface area contributed by atoms with Crippen LogP contribution >= 0.6 is 0 Å². The SMILES string of the molecule is O=C(OCc1cc(-c2ccc3c(c2)OCO3)on1)c1ccc[nH]c1=O. The second-order valence-corrected chi connectivity index (χ2v) is 5.24. The first kappa shape index (κ1) is 15.0. The fraction of sp³-hybridized carbons (Fsp3) is 0.118. The number of aromatic nitrogens is 2. The molecule has 0 fully saturated rings. The highest BCUT2D eigenvalue weighted by Gasteiger charge is 2.17. The fourth-order valence-corrected chi connectivity index (χ4v) is 2.37. The van der Waals surface area contributed by atoms with Crippen LogP contribution in [0.3, 0.4) is 0 Å². The number of rotatable bonds is 4. The maximum Gasteiger partial charge on any atom is 0.344 e. The van der Waals surface area contributed by atoms with Gasteiger partial charge in [-0.25, -0.2) is 4.79 Å². The summed E-state index contributed by atoms with van der Waals surface area (Å²) in [6.45, 7) is 0.0796. The van der Waals surface area contributed by atoms with Crippen molar-refractivity contribution in [3.8, 4) is 22.8 Å². The van der Waals surface area contributed by atoms with E-state index in [0.717, 1.165) is 5.56 Å². The van der Waals surface area contributed by atoms with Crippen molar-refractivity contribution in [3.63, 3.8) is 0 Å². The molecule has 0 saturated carbocycles. The Kier molecular flexibility index (Phi) is 3.70. The Morgan fingerprint density at radius 3 is 2.96 bits per heavy atom. The molecule has 2 aromatic heterocycles. The Morgan fingerprint density at radius 2 is 2.08 bits per heavy atom. The lowest BCUT2D eigenvalue weighted by Crippen LogP contribution is -2.18. The summed E-state index contributed by atoms with van der Waals surface area (Å²) in [5.41, 5.74) is 0.609. The number of ether oxygens (including phenoxy) is 3. The molecular weight excluding hydrogens is 328 g/mol. The van der Waals surface area contributed by atoms with Crippen molar-refractivity contribution < 1.29 is 23.5 Å². The summed E-state index contributed by atoms with van der Waals surface area (Å²) >= 11 is 0. The highest BCUT2D eigenvalue weighted by molar-refractivity contribution is 5.88. The zero-order chi connectivity index (χ0) is 17.2. The van der Waals surface area contributed by atoms with Crippen LogP contribution in [0.2, 0.25) is 0 Å². The third-order valence-corrected chi connectivity index (χ3v) is 3.61. The van der Waals surface area contributed by atoms with Gasteiger partial charge in [-0.15, -0.1) is 0 Å². The van der Waals surface area contributed by atoms with Crippen LogP contribution in [0.25, 0.3) is 11.3 Å². The lowest BCUT2D eigenvalue weighted by atomic mass is 10.1. The molecule has 1 aliphatic heterocycles. The number of H-pyrrole nitrogens is 1. The van der Waals surface area contributed by atoms with Crippen LogP contribution in [0.4, 0.5) is 0 Å². The van der Waals surface area contributed by atoms with E-state index in [2.05, 4.69) is 10.1 Å². The summed E-state index contributed by atoms with van der Waals surface area (Å²) < 4.78 is 20.9. The van der Waals surface area contributed by atoms with Gasteiger partial charge in [0.25, 0.3) is 5.56 Å². The van der Waals surface area contributed by atoms with Gasteiger partial charge in [0.2, 0.25) is 6.79 Å². The van der Waals surface area contributed by atoms with E-state index in [1.54, 1.807) is 24.3 Å². The van der Waals surface area contributed by atoms with Gasteiger partial charge in [-0.1, -0.05) is 5.16 Å². The molecule has 25 heavy (non-hydrogen) atoms. The number of benzene rings is 1. The van der Waals surface area contributed by atoms with Crippen LogP contribution < -0.4 is 15.0 Å². The topological polar surface area (TPSA) is 104 Å². The molecule has 0 bridgehead atoms. The molecule has 1 N–H and O–H groups in total. The zero-order valence-corrected chi connectivity index (χ0v) is 12.9. The molecule has 1 aliphatic rings. The molecule has 0 atom stereocenters. The molecule has 3 heterocycles. The van der Waals surface area contributed by atoms with Crippen molar-refractivity contribution in [1.29, 1.82) is 0 Å². The minimum Gasteiger partial charge on any atom is -0.455 e. The smallest absolute Gasteiger partial charge is 0.344 e. The lowest BCUT2D eigenvalue weighted by Gasteiger charge is -2.00. The van der Waals surface area contributed by atoms with Crippen molar-refractivity contribution in [1.82, 2.24) is 10.1 Å². The summed E-state index contributed by atoms with van der Waals surface area (Å²) in [4.78, 5) is 25.9. The predicted molar refractivity (Wildman–Crippen MR) is 84.2 cm³/mol. The fourth-order valence-electron chi connectivity index (χ4n) is 2.37. The van der Waals surface area contributed by atoms with E-state index in [1.165, 1.54) is 12.3 Å². The maximum absolute atomic E-state index is 11.9. The molecule has 0 spiro atoms. The number of esters is 1. The Morgan fingerprint density at radius 1 is 1.20 bits per heavy atom. The number of aromatic amines is 1. The number of carbonyl (C=O) groups is 1. The molecule has 0 unspecified atom stereocenters. The second-order valence-electron chi connectivity index (χ2n) is 5.24. The van der Waals surface area contributed by atoms with E-state index in [4.69, 9.17) is 18.7 Å². The van der Waals surface area contributed by atoms with Crippen molar-refractivity contribution in [3.05, 3.63) is 64.2 Å². The van der Waals surface area contributed by atoms with Gasteiger partial charge in [0, 0.05) is 17.8 Å². The summed E-state index contributed by atoms with van der Waals surface area (Å²) in [5.74, 6) is 1.08. The first-order valence-corrected chi connectivity index (χ1v) is 7.41. The van der Waals surface area contributed by atoms with E-state index in [-0.39, 0.29) is 19.0 Å². The van der Waals surface area contributed by atoms with Crippen LogP contribution in [-0.2, 0) is 11.3 Å². The van der Waals surface area contributed by atoms with E-state index in [1.807, 2.05) is 6.07 Å². The average Bonchev–Trinajstić information content (AvgIpc) is 3.28. The van der Waals surface area contributed by atoms with Gasteiger partial charge in [0.15, 0.2) is 17.3 Å². The first-order chi connectivity index (χ1) is 12.2. The van der Waals surface area contributed by atoms with Crippen molar-refractivity contribution in [2.24, 2.45) is 0 Å². The zero-order valence-electron chi connectivity index (χ0n) is 12.9. The largest absolute Gasteiger partial charge is 0.455 e. The van der Waals surface area contributed by atoms with Crippen LogP contribution in [0, 0.1) is 0 Å². The monoisotopic (exact) mass is 340 g/mol. The minimum absolute atomic E-state index is 0.0676. The number of hydrogen-bond acceptors (Lipinski definition) is 7. The summed E-state index contributed by atoms with van der Waals surface area (Å²) in [7, 11) is 0. The molecule has 4 rings (SSSR count). The quantitative estimate of drug-likeness (QED) is 0.725. The highest BCUT2D eigenvalue weighted by Crippen LogP contribution is 2.36. The lowest BCUT2D eigenvalue weighted by molar-refractivity contribution is 0.0462. The van der Waals surface area contributed by atoms with Crippen molar-refractivity contribution in [2.45, 2.75) is 6.61 Å². The van der Waals surface area contributed by atoms with Gasteiger partial charge in [0.1, 0.15) is 17.9 Å². The Hall–Kier alpha value is -3.55. The van der Waals surface area contributed by atoms with Crippen molar-refractivity contribution in [2.75, 3.05) is 6.79 Å². The average molecular weight is 340 g/mol. The molecule has 126 valence electrons. The first-order valence-electron chi connectivity index (χ1n) is 7.41. The normalized spacial score (nSPS) is 12.2. The minimum atomic E-state index is -0.727. The molecule has 3 aromatic rings. The van der Waals surface area contributed by atoms with Gasteiger partial charge in [-0.2, -0.15) is 0 Å². The van der Waals surface area contributed by atoms with Crippen LogP contribution in [-0.4, -0.2) is 22.9 Å². The Bertz CT molecular complexity index is 991. The van der Waals surface area contributed by atoms with E-state index < -0.39 is 11.5 Å².